The van der Waals surface area contributed by atoms with Crippen molar-refractivity contribution in [1.29, 1.82) is 0 Å². The Bertz CT molecular complexity index is 1060. The molecule has 0 N–H and O–H groups in total. The molecular formula is C21H22BrN3O6S. The molecule has 0 radical (unpaired) electrons. The van der Waals surface area contributed by atoms with Gasteiger partial charge in [0.2, 0.25) is 0 Å². The average Bonchev–Trinajstić information content (AvgIpc) is 2.78. The van der Waals surface area contributed by atoms with Crippen LogP contribution in [0.1, 0.15) is 17.3 Å². The topological polar surface area (TPSA) is 110 Å². The van der Waals surface area contributed by atoms with Crippen LogP contribution in [0.4, 0.5) is 11.4 Å². The van der Waals surface area contributed by atoms with Crippen molar-refractivity contribution in [3.05, 3.63) is 62.6 Å². The first-order chi connectivity index (χ1) is 15.3. The molecule has 1 unspecified atom stereocenters. The summed E-state index contributed by atoms with van der Waals surface area (Å²) in [7, 11) is -1.95. The van der Waals surface area contributed by atoms with E-state index in [9.17, 15) is 23.9 Å². The Morgan fingerprint density at radius 3 is 2.50 bits per heavy atom. The van der Waals surface area contributed by atoms with Gasteiger partial charge in [0, 0.05) is 48.0 Å². The van der Waals surface area contributed by atoms with Gasteiger partial charge in [-0.25, -0.2) is 0 Å². The number of anilines is 1. The van der Waals surface area contributed by atoms with E-state index in [1.165, 1.54) is 12.1 Å². The number of halogens is 1. The van der Waals surface area contributed by atoms with Crippen LogP contribution < -0.4 is 4.90 Å². The molecule has 2 aromatic carbocycles. The predicted octanol–water partition coefficient (Wildman–Crippen LogP) is 2.99. The maximum atomic E-state index is 12.9. The van der Waals surface area contributed by atoms with Crippen LogP contribution in [0.2, 0.25) is 0 Å². The number of nitrogens with zero attached hydrogens (tertiary/aromatic N) is 3. The van der Waals surface area contributed by atoms with Gasteiger partial charge in [-0.05, 0) is 37.3 Å². The summed E-state index contributed by atoms with van der Waals surface area (Å²) in [5.74, 6) is -1.52. The highest BCUT2D eigenvalue weighted by Gasteiger charge is 2.27. The van der Waals surface area contributed by atoms with Crippen molar-refractivity contribution in [3.63, 3.8) is 0 Å². The Balaban J connectivity index is 1.72. The van der Waals surface area contributed by atoms with Crippen molar-refractivity contribution in [2.45, 2.75) is 11.8 Å². The van der Waals surface area contributed by atoms with Crippen LogP contribution in [0.15, 0.2) is 51.8 Å². The van der Waals surface area contributed by atoms with Gasteiger partial charge in [-0.15, -0.1) is 0 Å². The Labute approximate surface area is 196 Å². The van der Waals surface area contributed by atoms with Gasteiger partial charge >= 0.3 is 5.97 Å². The number of hydrogen-bond donors (Lipinski definition) is 0. The SMILES string of the molecule is CCOC(=O)CS(=O)c1ccc(C(=O)N2CCN(c3cccc(Br)c3)CC2)cc1[N+](=O)[O-]. The predicted molar refractivity (Wildman–Crippen MR) is 123 cm³/mol. The molecule has 1 heterocycles. The van der Waals surface area contributed by atoms with E-state index in [4.69, 9.17) is 4.74 Å². The molecular weight excluding hydrogens is 502 g/mol. The smallest absolute Gasteiger partial charge is 0.318 e. The van der Waals surface area contributed by atoms with E-state index in [-0.39, 0.29) is 23.0 Å². The molecule has 2 aromatic rings. The lowest BCUT2D eigenvalue weighted by molar-refractivity contribution is -0.387. The van der Waals surface area contributed by atoms with E-state index in [1.54, 1.807) is 11.8 Å². The number of nitro groups is 1. The zero-order chi connectivity index (χ0) is 23.3. The van der Waals surface area contributed by atoms with Gasteiger partial charge in [-0.3, -0.25) is 23.9 Å². The standard InChI is InChI=1S/C21H22BrN3O6S/c1-2-31-20(26)14-32(30)19-7-6-15(12-18(19)25(28)29)21(27)24-10-8-23(9-11-24)17-5-3-4-16(22)13-17/h3-7,12-13H,2,8-11,14H2,1H3. The Hall–Kier alpha value is -2.79. The summed E-state index contributed by atoms with van der Waals surface area (Å²) in [6.45, 7) is 3.94. The van der Waals surface area contributed by atoms with Crippen LogP contribution in [0.3, 0.4) is 0 Å². The Kier molecular flexibility index (Phi) is 7.97. The second-order valence-electron chi connectivity index (χ2n) is 6.99. The molecule has 1 amide bonds. The van der Waals surface area contributed by atoms with Gasteiger partial charge in [-0.1, -0.05) is 22.0 Å². The van der Waals surface area contributed by atoms with Gasteiger partial charge < -0.3 is 14.5 Å². The number of amides is 1. The van der Waals surface area contributed by atoms with Gasteiger partial charge in [0.15, 0.2) is 0 Å². The van der Waals surface area contributed by atoms with E-state index < -0.39 is 33.1 Å². The van der Waals surface area contributed by atoms with Crippen LogP contribution in [-0.2, 0) is 20.3 Å². The number of carbonyl (C=O) groups excluding carboxylic acids is 2. The molecule has 0 saturated carbocycles. The van der Waals surface area contributed by atoms with E-state index in [1.807, 2.05) is 24.3 Å². The molecule has 1 aliphatic rings. The number of hydrogen-bond acceptors (Lipinski definition) is 7. The minimum atomic E-state index is -1.95. The van der Waals surface area contributed by atoms with Crippen LogP contribution in [0.25, 0.3) is 0 Å². The molecule has 9 nitrogen and oxygen atoms in total. The van der Waals surface area contributed by atoms with Crippen molar-refractivity contribution in [2.75, 3.05) is 43.4 Å². The zero-order valence-corrected chi connectivity index (χ0v) is 19.8. The van der Waals surface area contributed by atoms with E-state index in [2.05, 4.69) is 20.8 Å². The first kappa shape index (κ1) is 23.9. The highest BCUT2D eigenvalue weighted by Crippen LogP contribution is 2.26. The molecule has 0 aliphatic carbocycles. The number of piperazine rings is 1. The lowest BCUT2D eigenvalue weighted by atomic mass is 10.1. The number of benzene rings is 2. The van der Waals surface area contributed by atoms with Gasteiger partial charge in [0.1, 0.15) is 10.6 Å². The van der Waals surface area contributed by atoms with E-state index in [0.717, 1.165) is 16.2 Å². The number of carbonyl (C=O) groups is 2. The highest BCUT2D eigenvalue weighted by atomic mass is 79.9. The molecule has 0 bridgehead atoms. The summed E-state index contributed by atoms with van der Waals surface area (Å²) in [4.78, 5) is 39.1. The third kappa shape index (κ3) is 5.71. The molecule has 1 aliphatic heterocycles. The minimum Gasteiger partial charge on any atom is -0.465 e. The summed E-state index contributed by atoms with van der Waals surface area (Å²) in [6.07, 6.45) is 0. The lowest BCUT2D eigenvalue weighted by Crippen LogP contribution is -2.48. The second-order valence-corrected chi connectivity index (χ2v) is 9.33. The van der Waals surface area contributed by atoms with Crippen LogP contribution in [-0.4, -0.2) is 64.4 Å². The van der Waals surface area contributed by atoms with Gasteiger partial charge in [-0.2, -0.15) is 0 Å². The van der Waals surface area contributed by atoms with Gasteiger partial charge in [0.05, 0.1) is 22.3 Å². The summed E-state index contributed by atoms with van der Waals surface area (Å²) in [5, 5.41) is 11.5. The fourth-order valence-corrected chi connectivity index (χ4v) is 4.82. The fraction of sp³-hybridized carbons (Fsp3) is 0.333. The number of nitro benzene ring substituents is 1. The quantitative estimate of drug-likeness (QED) is 0.311. The molecule has 170 valence electrons. The van der Waals surface area contributed by atoms with Crippen molar-refractivity contribution < 1.29 is 23.5 Å². The van der Waals surface area contributed by atoms with Crippen molar-refractivity contribution >= 4 is 50.0 Å². The van der Waals surface area contributed by atoms with Crippen LogP contribution in [0, 0.1) is 10.1 Å². The third-order valence-electron chi connectivity index (χ3n) is 4.94. The first-order valence-corrected chi connectivity index (χ1v) is 12.0. The number of ether oxygens (including phenoxy) is 1. The van der Waals surface area contributed by atoms with E-state index in [0.29, 0.717) is 26.2 Å². The van der Waals surface area contributed by atoms with E-state index >= 15 is 0 Å². The fourth-order valence-electron chi connectivity index (χ4n) is 3.40. The molecule has 3 rings (SSSR count). The monoisotopic (exact) mass is 523 g/mol. The molecule has 1 fully saturated rings. The highest BCUT2D eigenvalue weighted by molar-refractivity contribution is 9.10. The van der Waals surface area contributed by atoms with Crippen molar-refractivity contribution in [1.82, 2.24) is 4.90 Å². The Morgan fingerprint density at radius 1 is 1.16 bits per heavy atom. The maximum Gasteiger partial charge on any atom is 0.318 e. The molecule has 0 aromatic heterocycles. The van der Waals surface area contributed by atoms with Crippen LogP contribution in [0.5, 0.6) is 0 Å². The lowest BCUT2D eigenvalue weighted by Gasteiger charge is -2.36. The van der Waals surface area contributed by atoms with Gasteiger partial charge in [0.25, 0.3) is 11.6 Å². The minimum absolute atomic E-state index is 0.112. The number of esters is 1. The average molecular weight is 524 g/mol. The molecule has 1 saturated heterocycles. The third-order valence-corrected chi connectivity index (χ3v) is 6.77. The summed E-state index contributed by atoms with van der Waals surface area (Å²) in [5.41, 5.74) is 0.742. The molecule has 11 heteroatoms. The largest absolute Gasteiger partial charge is 0.465 e. The zero-order valence-electron chi connectivity index (χ0n) is 17.4. The second kappa shape index (κ2) is 10.7. The molecule has 0 spiro atoms. The van der Waals surface area contributed by atoms with Crippen molar-refractivity contribution in [3.8, 4) is 0 Å². The molecule has 32 heavy (non-hydrogen) atoms. The normalized spacial score (nSPS) is 14.7. The summed E-state index contributed by atoms with van der Waals surface area (Å²) in [6, 6.07) is 11.7. The first-order valence-electron chi connectivity index (χ1n) is 9.92. The molecule has 1 atom stereocenters. The number of rotatable bonds is 7. The van der Waals surface area contributed by atoms with Crippen LogP contribution >= 0.6 is 15.9 Å². The van der Waals surface area contributed by atoms with Crippen molar-refractivity contribution in [2.24, 2.45) is 0 Å². The summed E-state index contributed by atoms with van der Waals surface area (Å²) >= 11 is 3.46. The Morgan fingerprint density at radius 2 is 1.88 bits per heavy atom. The maximum absolute atomic E-state index is 12.9. The summed E-state index contributed by atoms with van der Waals surface area (Å²) < 4.78 is 18.2.